The van der Waals surface area contributed by atoms with Crippen molar-refractivity contribution in [2.45, 2.75) is 29.5 Å². The van der Waals surface area contributed by atoms with Gasteiger partial charge in [-0.1, -0.05) is 30.3 Å². The molecule has 82 valence electrons. The second-order valence-corrected chi connectivity index (χ2v) is 5.21. The molecule has 0 radical (unpaired) electrons. The standard InChI is InChI=1S/C13H14N2S/c1-2-4-11(5-3-1)10-16-13-8-14-15(9-13)12-6-7-12/h1-5,8-9,12H,6-7,10H2. The van der Waals surface area contributed by atoms with Crippen molar-refractivity contribution in [1.29, 1.82) is 0 Å². The summed E-state index contributed by atoms with van der Waals surface area (Å²) in [6, 6.07) is 11.2. The average Bonchev–Trinajstić information content (AvgIpc) is 3.08. The van der Waals surface area contributed by atoms with Crippen molar-refractivity contribution < 1.29 is 0 Å². The molecule has 0 atom stereocenters. The Morgan fingerprint density at radius 2 is 2.06 bits per heavy atom. The van der Waals surface area contributed by atoms with Gasteiger partial charge in [-0.2, -0.15) is 5.10 Å². The molecule has 1 aromatic heterocycles. The molecule has 0 aliphatic heterocycles. The fourth-order valence-corrected chi connectivity index (χ4v) is 2.50. The highest BCUT2D eigenvalue weighted by Crippen LogP contribution is 2.35. The Hall–Kier alpha value is -1.22. The summed E-state index contributed by atoms with van der Waals surface area (Å²) in [7, 11) is 0. The van der Waals surface area contributed by atoms with E-state index in [4.69, 9.17) is 0 Å². The van der Waals surface area contributed by atoms with Crippen LogP contribution >= 0.6 is 11.8 Å². The number of aromatic nitrogens is 2. The van der Waals surface area contributed by atoms with Crippen LogP contribution in [0.4, 0.5) is 0 Å². The van der Waals surface area contributed by atoms with Crippen LogP contribution < -0.4 is 0 Å². The lowest BCUT2D eigenvalue weighted by atomic mass is 10.2. The van der Waals surface area contributed by atoms with Crippen molar-refractivity contribution in [2.75, 3.05) is 0 Å². The van der Waals surface area contributed by atoms with E-state index in [1.54, 1.807) is 0 Å². The van der Waals surface area contributed by atoms with Gasteiger partial charge in [0, 0.05) is 16.8 Å². The predicted molar refractivity (Wildman–Crippen MR) is 66.5 cm³/mol. The van der Waals surface area contributed by atoms with Crippen LogP contribution in [-0.2, 0) is 5.75 Å². The van der Waals surface area contributed by atoms with E-state index < -0.39 is 0 Å². The smallest absolute Gasteiger partial charge is 0.0626 e. The highest BCUT2D eigenvalue weighted by atomic mass is 32.2. The molecule has 0 spiro atoms. The molecule has 16 heavy (non-hydrogen) atoms. The van der Waals surface area contributed by atoms with Gasteiger partial charge in [0.15, 0.2) is 0 Å². The van der Waals surface area contributed by atoms with Crippen molar-refractivity contribution in [3.05, 3.63) is 48.3 Å². The lowest BCUT2D eigenvalue weighted by Crippen LogP contribution is -1.91. The van der Waals surface area contributed by atoms with Crippen LogP contribution in [-0.4, -0.2) is 9.78 Å². The van der Waals surface area contributed by atoms with Gasteiger partial charge in [0.25, 0.3) is 0 Å². The molecular weight excluding hydrogens is 216 g/mol. The largest absolute Gasteiger partial charge is 0.269 e. The number of rotatable bonds is 4. The Balaban J connectivity index is 1.61. The van der Waals surface area contributed by atoms with Crippen LogP contribution in [0.1, 0.15) is 24.4 Å². The summed E-state index contributed by atoms with van der Waals surface area (Å²) in [5.74, 6) is 1.02. The second-order valence-electron chi connectivity index (χ2n) is 4.16. The van der Waals surface area contributed by atoms with Gasteiger partial charge in [-0.15, -0.1) is 11.8 Å². The Morgan fingerprint density at radius 3 is 2.81 bits per heavy atom. The van der Waals surface area contributed by atoms with Crippen LogP contribution in [0.5, 0.6) is 0 Å². The zero-order valence-electron chi connectivity index (χ0n) is 9.04. The monoisotopic (exact) mass is 230 g/mol. The fourth-order valence-electron chi connectivity index (χ4n) is 1.67. The van der Waals surface area contributed by atoms with Crippen LogP contribution in [0, 0.1) is 0 Å². The van der Waals surface area contributed by atoms with Crippen LogP contribution in [0.25, 0.3) is 0 Å². The maximum Gasteiger partial charge on any atom is 0.0626 e. The topological polar surface area (TPSA) is 17.8 Å². The number of hydrogen-bond acceptors (Lipinski definition) is 2. The molecule has 0 unspecified atom stereocenters. The van der Waals surface area contributed by atoms with E-state index in [9.17, 15) is 0 Å². The molecule has 1 heterocycles. The molecule has 1 fully saturated rings. The minimum atomic E-state index is 0.686. The maximum absolute atomic E-state index is 4.39. The maximum atomic E-state index is 4.39. The molecule has 0 bridgehead atoms. The van der Waals surface area contributed by atoms with Crippen LogP contribution in [0.2, 0.25) is 0 Å². The SMILES string of the molecule is c1ccc(CSc2cnn(C3CC3)c2)cc1. The number of nitrogens with zero attached hydrogens (tertiary/aromatic N) is 2. The molecule has 2 nitrogen and oxygen atoms in total. The first kappa shape index (κ1) is 9.97. The molecular formula is C13H14N2S. The third-order valence-electron chi connectivity index (χ3n) is 2.75. The summed E-state index contributed by atoms with van der Waals surface area (Å²) in [6.45, 7) is 0. The molecule has 2 aromatic rings. The highest BCUT2D eigenvalue weighted by molar-refractivity contribution is 7.98. The molecule has 3 heteroatoms. The highest BCUT2D eigenvalue weighted by Gasteiger charge is 2.24. The molecule has 1 saturated carbocycles. The molecule has 0 amide bonds. The Labute approximate surface area is 99.7 Å². The zero-order chi connectivity index (χ0) is 10.8. The molecule has 1 aliphatic carbocycles. The van der Waals surface area contributed by atoms with E-state index in [0.29, 0.717) is 6.04 Å². The molecule has 3 rings (SSSR count). The zero-order valence-corrected chi connectivity index (χ0v) is 9.86. The number of hydrogen-bond donors (Lipinski definition) is 0. The summed E-state index contributed by atoms with van der Waals surface area (Å²) >= 11 is 1.86. The van der Waals surface area contributed by atoms with Gasteiger partial charge in [0.1, 0.15) is 0 Å². The minimum absolute atomic E-state index is 0.686. The third-order valence-corrected chi connectivity index (χ3v) is 3.77. The van der Waals surface area contributed by atoms with Crippen LogP contribution in [0.15, 0.2) is 47.6 Å². The summed E-state index contributed by atoms with van der Waals surface area (Å²) in [5.41, 5.74) is 1.37. The normalized spacial score (nSPS) is 15.2. The second kappa shape index (κ2) is 4.34. The van der Waals surface area contributed by atoms with Crippen molar-refractivity contribution in [2.24, 2.45) is 0 Å². The fraction of sp³-hybridized carbons (Fsp3) is 0.308. The first-order valence-corrected chi connectivity index (χ1v) is 6.61. The van der Waals surface area contributed by atoms with Crippen molar-refractivity contribution in [3.63, 3.8) is 0 Å². The summed E-state index contributed by atoms with van der Waals surface area (Å²) in [6.07, 6.45) is 6.74. The van der Waals surface area contributed by atoms with Gasteiger partial charge in [-0.25, -0.2) is 0 Å². The van der Waals surface area contributed by atoms with E-state index in [1.165, 1.54) is 23.3 Å². The molecule has 1 aromatic carbocycles. The predicted octanol–water partition coefficient (Wildman–Crippen LogP) is 3.51. The van der Waals surface area contributed by atoms with Gasteiger partial charge in [-0.05, 0) is 18.4 Å². The van der Waals surface area contributed by atoms with Crippen molar-refractivity contribution in [3.8, 4) is 0 Å². The Bertz CT molecular complexity index is 460. The van der Waals surface area contributed by atoms with Gasteiger partial charge >= 0.3 is 0 Å². The molecule has 0 saturated heterocycles. The van der Waals surface area contributed by atoms with E-state index in [1.807, 2.05) is 18.0 Å². The van der Waals surface area contributed by atoms with Gasteiger partial charge < -0.3 is 0 Å². The lowest BCUT2D eigenvalue weighted by Gasteiger charge is -1.98. The van der Waals surface area contributed by atoms with E-state index in [0.717, 1.165) is 5.75 Å². The summed E-state index contributed by atoms with van der Waals surface area (Å²) < 4.78 is 2.10. The van der Waals surface area contributed by atoms with Crippen molar-refractivity contribution in [1.82, 2.24) is 9.78 Å². The number of benzene rings is 1. The third kappa shape index (κ3) is 2.30. The lowest BCUT2D eigenvalue weighted by molar-refractivity contribution is 0.640. The van der Waals surface area contributed by atoms with Gasteiger partial charge in [0.05, 0.1) is 12.2 Å². The average molecular weight is 230 g/mol. The quantitative estimate of drug-likeness (QED) is 0.748. The van der Waals surface area contributed by atoms with E-state index in [2.05, 4.69) is 46.3 Å². The summed E-state index contributed by atoms with van der Waals surface area (Å²) in [4.78, 5) is 1.27. The first-order chi connectivity index (χ1) is 7.92. The minimum Gasteiger partial charge on any atom is -0.269 e. The summed E-state index contributed by atoms with van der Waals surface area (Å²) in [5, 5.41) is 4.39. The molecule has 0 N–H and O–H groups in total. The first-order valence-electron chi connectivity index (χ1n) is 5.63. The van der Waals surface area contributed by atoms with E-state index in [-0.39, 0.29) is 0 Å². The molecule has 1 aliphatic rings. The van der Waals surface area contributed by atoms with Crippen molar-refractivity contribution >= 4 is 11.8 Å². The van der Waals surface area contributed by atoms with E-state index >= 15 is 0 Å². The van der Waals surface area contributed by atoms with Gasteiger partial charge in [0.2, 0.25) is 0 Å². The Kier molecular flexibility index (Phi) is 2.70. The Morgan fingerprint density at radius 1 is 1.25 bits per heavy atom. The van der Waals surface area contributed by atoms with Gasteiger partial charge in [-0.3, -0.25) is 4.68 Å². The van der Waals surface area contributed by atoms with Crippen LogP contribution in [0.3, 0.4) is 0 Å². The number of thioether (sulfide) groups is 1.